The number of nitrogens with zero attached hydrogens (tertiary/aromatic N) is 1. The first-order valence-corrected chi connectivity index (χ1v) is 8.15. The van der Waals surface area contributed by atoms with Crippen molar-refractivity contribution in [3.05, 3.63) is 63.6 Å². The van der Waals surface area contributed by atoms with E-state index in [0.29, 0.717) is 6.54 Å². The molecule has 1 aliphatic rings. The minimum Gasteiger partial charge on any atom is -0.373 e. The summed E-state index contributed by atoms with van der Waals surface area (Å²) >= 11 is 0. The maximum absolute atomic E-state index is 12.1. The van der Waals surface area contributed by atoms with Gasteiger partial charge in [-0.2, -0.15) is 5.10 Å². The largest absolute Gasteiger partial charge is 0.373 e. The van der Waals surface area contributed by atoms with Crippen molar-refractivity contribution in [2.75, 3.05) is 13.2 Å². The highest BCUT2D eigenvalue weighted by Crippen LogP contribution is 2.33. The third-order valence-corrected chi connectivity index (χ3v) is 4.29. The van der Waals surface area contributed by atoms with E-state index in [-0.39, 0.29) is 29.2 Å². The van der Waals surface area contributed by atoms with Gasteiger partial charge < -0.3 is 10.1 Å². The van der Waals surface area contributed by atoms with Gasteiger partial charge in [0.15, 0.2) is 0 Å². The van der Waals surface area contributed by atoms with E-state index in [1.165, 1.54) is 17.7 Å². The predicted octanol–water partition coefficient (Wildman–Crippen LogP) is 1.98. The second kappa shape index (κ2) is 7.40. The number of hydrogen-bond donors (Lipinski definition) is 2. The number of nitrogens with one attached hydrogen (secondary N) is 2. The molecule has 1 amide bonds. The summed E-state index contributed by atoms with van der Waals surface area (Å²) in [5, 5.41) is 8.91. The van der Waals surface area contributed by atoms with Gasteiger partial charge in [0.25, 0.3) is 11.5 Å². The van der Waals surface area contributed by atoms with Crippen LogP contribution in [0.2, 0.25) is 0 Å². The Labute approximate surface area is 140 Å². The SMILES string of the molecule is Cc1ccc([C@H]2OCCC[C@@H]2CNC(=O)c2ccc(=O)[nH]n2)cc1. The van der Waals surface area contributed by atoms with Crippen LogP contribution in [0.25, 0.3) is 0 Å². The van der Waals surface area contributed by atoms with Gasteiger partial charge in [0.2, 0.25) is 0 Å². The van der Waals surface area contributed by atoms with Crippen LogP contribution in [0.1, 0.15) is 40.6 Å². The number of aryl methyl sites for hydroxylation is 1. The fourth-order valence-corrected chi connectivity index (χ4v) is 2.96. The molecule has 0 unspecified atom stereocenters. The van der Waals surface area contributed by atoms with E-state index < -0.39 is 0 Å². The van der Waals surface area contributed by atoms with Crippen molar-refractivity contribution in [1.82, 2.24) is 15.5 Å². The van der Waals surface area contributed by atoms with E-state index in [1.807, 2.05) is 0 Å². The number of aromatic nitrogens is 2. The highest BCUT2D eigenvalue weighted by molar-refractivity contribution is 5.91. The van der Waals surface area contributed by atoms with Crippen LogP contribution in [0.4, 0.5) is 0 Å². The number of carbonyl (C=O) groups excluding carboxylic acids is 1. The third kappa shape index (κ3) is 3.89. The van der Waals surface area contributed by atoms with Crippen molar-refractivity contribution >= 4 is 5.91 Å². The summed E-state index contributed by atoms with van der Waals surface area (Å²) in [6.07, 6.45) is 1.97. The Balaban J connectivity index is 1.65. The fraction of sp³-hybridized carbons (Fsp3) is 0.389. The molecule has 2 atom stereocenters. The highest BCUT2D eigenvalue weighted by atomic mass is 16.5. The van der Waals surface area contributed by atoms with E-state index in [2.05, 4.69) is 46.7 Å². The molecular weight excluding hydrogens is 306 g/mol. The molecule has 1 aromatic carbocycles. The Kier molecular flexibility index (Phi) is 5.05. The second-order valence-corrected chi connectivity index (χ2v) is 6.12. The minimum atomic E-state index is -0.327. The Morgan fingerprint density at radius 1 is 1.29 bits per heavy atom. The van der Waals surface area contributed by atoms with Crippen molar-refractivity contribution in [3.63, 3.8) is 0 Å². The maximum Gasteiger partial charge on any atom is 0.271 e. The minimum absolute atomic E-state index is 0.0109. The van der Waals surface area contributed by atoms with Gasteiger partial charge in [0.1, 0.15) is 5.69 Å². The molecule has 1 fully saturated rings. The zero-order valence-corrected chi connectivity index (χ0v) is 13.6. The van der Waals surface area contributed by atoms with Crippen LogP contribution in [-0.2, 0) is 4.74 Å². The summed E-state index contributed by atoms with van der Waals surface area (Å²) in [4.78, 5) is 23.2. The molecule has 0 radical (unpaired) electrons. The molecule has 6 nitrogen and oxygen atoms in total. The van der Waals surface area contributed by atoms with Crippen molar-refractivity contribution in [3.8, 4) is 0 Å². The number of hydrogen-bond acceptors (Lipinski definition) is 4. The summed E-state index contributed by atoms with van der Waals surface area (Å²) < 4.78 is 5.96. The van der Waals surface area contributed by atoms with Crippen LogP contribution < -0.4 is 10.9 Å². The molecule has 0 aliphatic carbocycles. The van der Waals surface area contributed by atoms with Crippen LogP contribution in [0.5, 0.6) is 0 Å². The summed E-state index contributed by atoms with van der Waals surface area (Å²) in [5.41, 5.74) is 2.23. The quantitative estimate of drug-likeness (QED) is 0.899. The Morgan fingerprint density at radius 2 is 2.08 bits per heavy atom. The molecule has 0 bridgehead atoms. The number of aromatic amines is 1. The summed E-state index contributed by atoms with van der Waals surface area (Å²) in [6, 6.07) is 11.0. The predicted molar refractivity (Wildman–Crippen MR) is 89.8 cm³/mol. The third-order valence-electron chi connectivity index (χ3n) is 4.29. The van der Waals surface area contributed by atoms with Crippen LogP contribution >= 0.6 is 0 Å². The molecule has 0 saturated carbocycles. The molecule has 126 valence electrons. The summed E-state index contributed by atoms with van der Waals surface area (Å²) in [5.74, 6) is -0.0763. The van der Waals surface area contributed by atoms with Gasteiger partial charge in [0, 0.05) is 25.1 Å². The summed E-state index contributed by atoms with van der Waals surface area (Å²) in [7, 11) is 0. The first-order valence-electron chi connectivity index (χ1n) is 8.15. The molecule has 2 aromatic rings. The number of ether oxygens (including phenoxy) is 1. The van der Waals surface area contributed by atoms with Crippen molar-refractivity contribution in [2.24, 2.45) is 5.92 Å². The molecule has 1 aliphatic heterocycles. The van der Waals surface area contributed by atoms with Crippen molar-refractivity contribution < 1.29 is 9.53 Å². The van der Waals surface area contributed by atoms with E-state index in [0.717, 1.165) is 25.0 Å². The first kappa shape index (κ1) is 16.4. The number of rotatable bonds is 4. The molecule has 24 heavy (non-hydrogen) atoms. The van der Waals surface area contributed by atoms with Crippen molar-refractivity contribution in [2.45, 2.75) is 25.9 Å². The van der Waals surface area contributed by atoms with Gasteiger partial charge in [-0.25, -0.2) is 5.10 Å². The molecular formula is C18H21N3O3. The Morgan fingerprint density at radius 3 is 2.79 bits per heavy atom. The average molecular weight is 327 g/mol. The van der Waals surface area contributed by atoms with E-state index in [4.69, 9.17) is 4.74 Å². The summed E-state index contributed by atoms with van der Waals surface area (Å²) in [6.45, 7) is 3.31. The van der Waals surface area contributed by atoms with Gasteiger partial charge >= 0.3 is 0 Å². The van der Waals surface area contributed by atoms with Crippen LogP contribution in [0.15, 0.2) is 41.2 Å². The normalized spacial score (nSPS) is 20.5. The fourth-order valence-electron chi connectivity index (χ4n) is 2.96. The van der Waals surface area contributed by atoms with Gasteiger partial charge in [-0.1, -0.05) is 29.8 Å². The van der Waals surface area contributed by atoms with Gasteiger partial charge in [-0.05, 0) is 31.4 Å². The van der Waals surface area contributed by atoms with E-state index in [1.54, 1.807) is 0 Å². The Bertz CT molecular complexity index is 734. The molecule has 1 aromatic heterocycles. The molecule has 6 heteroatoms. The van der Waals surface area contributed by atoms with Crippen LogP contribution in [0, 0.1) is 12.8 Å². The average Bonchev–Trinajstić information content (AvgIpc) is 2.61. The number of benzene rings is 1. The van der Waals surface area contributed by atoms with Crippen LogP contribution in [0.3, 0.4) is 0 Å². The number of carbonyl (C=O) groups is 1. The number of H-pyrrole nitrogens is 1. The van der Waals surface area contributed by atoms with Gasteiger partial charge in [-0.15, -0.1) is 0 Å². The molecule has 0 spiro atoms. The smallest absolute Gasteiger partial charge is 0.271 e. The highest BCUT2D eigenvalue weighted by Gasteiger charge is 2.28. The topological polar surface area (TPSA) is 84.1 Å². The molecule has 2 N–H and O–H groups in total. The lowest BCUT2D eigenvalue weighted by atomic mass is 9.89. The first-order chi connectivity index (χ1) is 11.6. The molecule has 1 saturated heterocycles. The zero-order valence-electron chi connectivity index (χ0n) is 13.6. The molecule has 3 rings (SSSR count). The van der Waals surface area contributed by atoms with Gasteiger partial charge in [0.05, 0.1) is 6.10 Å². The lowest BCUT2D eigenvalue weighted by molar-refractivity contribution is -0.0272. The Hall–Kier alpha value is -2.47. The maximum atomic E-state index is 12.1. The monoisotopic (exact) mass is 327 g/mol. The van der Waals surface area contributed by atoms with Crippen molar-refractivity contribution in [1.29, 1.82) is 0 Å². The zero-order chi connectivity index (χ0) is 16.9. The van der Waals surface area contributed by atoms with E-state index >= 15 is 0 Å². The lowest BCUT2D eigenvalue weighted by Crippen LogP contribution is -2.35. The van der Waals surface area contributed by atoms with Gasteiger partial charge in [-0.3, -0.25) is 9.59 Å². The lowest BCUT2D eigenvalue weighted by Gasteiger charge is -2.32. The second-order valence-electron chi connectivity index (χ2n) is 6.12. The molecule has 2 heterocycles. The standard InChI is InChI=1S/C18H21N3O3/c1-12-4-6-13(7-5-12)17-14(3-2-10-24-17)11-19-18(23)15-8-9-16(22)21-20-15/h4-9,14,17H,2-3,10-11H2,1H3,(H,19,23)(H,21,22)/t14-,17-/m1/s1. The number of amides is 1. The van der Waals surface area contributed by atoms with Crippen LogP contribution in [-0.4, -0.2) is 29.3 Å². The van der Waals surface area contributed by atoms with E-state index in [9.17, 15) is 9.59 Å².